The van der Waals surface area contributed by atoms with Crippen LogP contribution in [0.1, 0.15) is 141 Å². The van der Waals surface area contributed by atoms with Crippen LogP contribution in [0.4, 0.5) is 0 Å². The Balaban J connectivity index is 0.000000695. The molecule has 12 rings (SSSR count). The lowest BCUT2D eigenvalue weighted by Crippen LogP contribution is -2.26. The van der Waals surface area contributed by atoms with Crippen LogP contribution < -0.4 is 0 Å². The smallest absolute Gasteiger partial charge is 0.0815 e. The van der Waals surface area contributed by atoms with E-state index in [1.54, 1.807) is 0 Å². The highest BCUT2D eigenvalue weighted by atomic mass is 127. The number of likely N-dealkylation sites (N-methyl/N-ethyl adjacent to an activating group) is 8. The largest absolute Gasteiger partial charge is 0.361 e. The van der Waals surface area contributed by atoms with E-state index in [4.69, 9.17) is 0 Å². The quantitative estimate of drug-likeness (QED) is 0.0445. The molecule has 0 radical (unpaired) electrons. The Morgan fingerprint density at radius 3 is 1.19 bits per heavy atom. The molecule has 0 saturated heterocycles. The van der Waals surface area contributed by atoms with Gasteiger partial charge >= 0.3 is 0 Å². The van der Waals surface area contributed by atoms with E-state index >= 15 is 0 Å². The van der Waals surface area contributed by atoms with Gasteiger partial charge in [-0.05, 0) is 543 Å². The number of halogens is 8. The van der Waals surface area contributed by atoms with Crippen molar-refractivity contribution in [2.24, 2.45) is 0 Å². The third kappa shape index (κ3) is 40.4. The van der Waals surface area contributed by atoms with E-state index in [1.807, 2.05) is 0 Å². The van der Waals surface area contributed by atoms with Gasteiger partial charge in [0.05, 0.1) is 3.70 Å². The van der Waals surface area contributed by atoms with Crippen LogP contribution in [0.3, 0.4) is 0 Å². The average molecular weight is 2560 g/mol. The number of rotatable bonds is 24. The minimum absolute atomic E-state index is 0. The predicted octanol–water partition coefficient (Wildman–Crippen LogP) is 27.4. The first-order chi connectivity index (χ1) is 55.5. The molecule has 4 N–H and O–H groups in total. The zero-order chi connectivity index (χ0) is 87.9. The molecule has 4 aromatic heterocycles. The molecule has 0 unspecified atom stereocenters. The van der Waals surface area contributed by atoms with Crippen LogP contribution in [0, 0.1) is 42.5 Å². The highest BCUT2D eigenvalue weighted by Crippen LogP contribution is 2.30. The Kier molecular flexibility index (Phi) is 57.5. The summed E-state index contributed by atoms with van der Waals surface area (Å²) in [6.07, 6.45) is 15.3. The summed E-state index contributed by atoms with van der Waals surface area (Å²) >= 11 is 19.1. The fourth-order valence-corrected chi connectivity index (χ4v) is 17.6. The van der Waals surface area contributed by atoms with E-state index in [1.165, 1.54) is 128 Å². The zero-order valence-corrected chi connectivity index (χ0v) is 92.5. The summed E-state index contributed by atoms with van der Waals surface area (Å²) < 4.78 is 10.6. The summed E-state index contributed by atoms with van der Waals surface area (Å²) in [7, 11) is 34.0. The number of para-hydroxylation sites is 1. The summed E-state index contributed by atoms with van der Waals surface area (Å²) in [5.74, 6) is 0. The monoisotopic (exact) mass is 2560 g/mol. The number of aromatic nitrogens is 4. The zero-order valence-electron chi connectivity index (χ0n) is 75.2. The molecule has 0 saturated carbocycles. The van der Waals surface area contributed by atoms with E-state index in [0.717, 1.165) is 51.4 Å². The molecule has 0 spiro atoms. The molecule has 12 nitrogen and oxygen atoms in total. The van der Waals surface area contributed by atoms with E-state index in [-0.39, 0.29) is 29.7 Å². The second-order valence-corrected chi connectivity index (χ2v) is 42.9. The highest BCUT2D eigenvalue weighted by molar-refractivity contribution is 14.1. The number of benzene rings is 8. The molecule has 0 amide bonds. The lowest BCUT2D eigenvalue weighted by atomic mass is 10.1. The molecule has 0 bridgehead atoms. The Bertz CT molecular complexity index is 4920. The van der Waals surface area contributed by atoms with Crippen LogP contribution in [0.5, 0.6) is 0 Å². The van der Waals surface area contributed by atoms with Gasteiger partial charge in [0, 0.05) is 136 Å². The minimum Gasteiger partial charge on any atom is -0.361 e. The molecular formula is C102H152I8N12. The lowest BCUT2D eigenvalue weighted by Gasteiger charge is -2.20. The number of nitrogens with zero attached hydrogens (tertiary/aromatic N) is 8. The van der Waals surface area contributed by atoms with Gasteiger partial charge in [0.1, 0.15) is 0 Å². The topological polar surface area (TPSA) is 89.1 Å². The second-order valence-electron chi connectivity index (χ2n) is 33.5. The predicted molar refractivity (Wildman–Crippen MR) is 612 cm³/mol. The highest BCUT2D eigenvalue weighted by Gasteiger charge is 2.18. The first kappa shape index (κ1) is 117. The Labute approximate surface area is 850 Å². The van der Waals surface area contributed by atoms with Crippen molar-refractivity contribution in [3.8, 4) is 0 Å². The number of nitrogens with one attached hydrogen (secondary N) is 4. The van der Waals surface area contributed by atoms with Crippen LogP contribution in [0.25, 0.3) is 43.6 Å². The molecule has 4 heterocycles. The fourth-order valence-electron chi connectivity index (χ4n) is 12.3. The van der Waals surface area contributed by atoms with Crippen LogP contribution in [-0.4, -0.2) is 220 Å². The summed E-state index contributed by atoms with van der Waals surface area (Å²) in [5, 5.41) is 5.46. The van der Waals surface area contributed by atoms with E-state index < -0.39 is 0 Å². The van der Waals surface area contributed by atoms with E-state index in [9.17, 15) is 0 Å². The summed E-state index contributed by atoms with van der Waals surface area (Å²) in [6, 6.07) is 63.4. The van der Waals surface area contributed by atoms with Gasteiger partial charge in [-0.15, -0.1) is 0 Å². The first-order valence-electron chi connectivity index (χ1n) is 40.9. The first-order valence-corrected chi connectivity index (χ1v) is 49.5. The number of hydrogen-bond acceptors (Lipinski definition) is 8. The van der Waals surface area contributed by atoms with Crippen LogP contribution in [0.2, 0.25) is 0 Å². The third-order valence-electron chi connectivity index (χ3n) is 22.4. The molecule has 12 aromatic rings. The Morgan fingerprint density at radius 1 is 0.270 bits per heavy atom. The van der Waals surface area contributed by atoms with Crippen molar-refractivity contribution < 1.29 is 0 Å². The summed E-state index contributed by atoms with van der Waals surface area (Å²) in [6.45, 7) is 22.3. The van der Waals surface area contributed by atoms with Crippen molar-refractivity contribution >= 4 is 224 Å². The van der Waals surface area contributed by atoms with E-state index in [2.05, 4.69) is 604 Å². The van der Waals surface area contributed by atoms with Gasteiger partial charge in [0.25, 0.3) is 0 Å². The minimum atomic E-state index is 0. The normalized spacial score (nSPS) is 13.0. The van der Waals surface area contributed by atoms with Crippen LogP contribution in [-0.2, 0) is 51.4 Å². The van der Waals surface area contributed by atoms with Crippen molar-refractivity contribution in [2.75, 3.05) is 113 Å². The molecule has 0 aliphatic heterocycles. The molecule has 20 heteroatoms. The van der Waals surface area contributed by atoms with Crippen molar-refractivity contribution in [1.82, 2.24) is 59.1 Å². The van der Waals surface area contributed by atoms with Gasteiger partial charge in [-0.25, -0.2) is 0 Å². The molecule has 8 atom stereocenters. The number of fused-ring (bicyclic) bond motifs is 4. The van der Waals surface area contributed by atoms with Gasteiger partial charge in [0.2, 0.25) is 0 Å². The molecule has 0 aliphatic rings. The number of H-pyrrole nitrogens is 4. The van der Waals surface area contributed by atoms with Crippen molar-refractivity contribution in [3.05, 3.63) is 267 Å². The maximum absolute atomic E-state index is 3.44. The standard InChI is InChI=1S/4C13H17IN2.2C12H18IN.2C11H16IN.4CH4/c1-9(16(2)3)6-10-8-15-13-5-4-11(14)7-12(10)13;1-9(16(2)3)6-10-8-15-13-7-11(14)4-5-12(10)13;1-9(16(2)3)7-10-8-15-12-6-4-5-11(14)13(10)12;1-9(16(2)3)8-11-10-6-4-5-7-12(10)15-13(11)14;1-9-5-6-11(8-12(9)13)7-10(2)14(3)4;1-9-5-6-11(12(13)7-9)8-10(2)14(3)4;1-9(13(2)3)7-10-5-4-6-11(12)8-10;1-9(13(2)3)8-10-6-4-5-7-11(10)12;;;;/h2*4-5,7-9,15H,6H2,1-3H3;4-6,8-9,15H,7H2,1-3H3;4-7,9,15H,8H2,1-3H3;5-6,8,10H,7H2,1-4H3;5-7,10H,8H2,1-4H3;4-6,8-9H,7H2,1-3H3;4-7,9H,8H2,1-3H3;4*1H4/t4*9-;2*10-;2*9-;;;;/m11111111..../s1. The van der Waals surface area contributed by atoms with Gasteiger partial charge in [-0.1, -0.05) is 120 Å². The van der Waals surface area contributed by atoms with Crippen LogP contribution >= 0.6 is 181 Å². The van der Waals surface area contributed by atoms with Gasteiger partial charge in [-0.3, -0.25) is 0 Å². The number of aryl methyl sites for hydroxylation is 2. The van der Waals surface area contributed by atoms with E-state index in [0.29, 0.717) is 48.3 Å². The van der Waals surface area contributed by atoms with Gasteiger partial charge in [0.15, 0.2) is 0 Å². The van der Waals surface area contributed by atoms with Crippen molar-refractivity contribution in [2.45, 2.75) is 199 Å². The fraction of sp³-hybridized carbons (Fsp3) is 0.451. The molecule has 676 valence electrons. The van der Waals surface area contributed by atoms with Crippen LogP contribution in [0.15, 0.2) is 182 Å². The van der Waals surface area contributed by atoms with Crippen molar-refractivity contribution in [3.63, 3.8) is 0 Å². The molecular weight excluding hydrogens is 2410 g/mol. The molecule has 8 aromatic carbocycles. The number of aromatic amines is 4. The van der Waals surface area contributed by atoms with Crippen molar-refractivity contribution in [1.29, 1.82) is 0 Å². The molecule has 0 aliphatic carbocycles. The second kappa shape index (κ2) is 59.7. The summed E-state index contributed by atoms with van der Waals surface area (Å²) in [5.41, 5.74) is 19.1. The molecule has 122 heavy (non-hydrogen) atoms. The maximum Gasteiger partial charge on any atom is 0.0815 e. The Morgan fingerprint density at radius 2 is 0.672 bits per heavy atom. The molecule has 0 fully saturated rings. The van der Waals surface area contributed by atoms with Gasteiger partial charge in [-0.2, -0.15) is 0 Å². The maximum atomic E-state index is 3.44. The Hall–Kier alpha value is -2.56. The summed E-state index contributed by atoms with van der Waals surface area (Å²) in [4.78, 5) is 31.5. The number of hydrogen-bond donors (Lipinski definition) is 4. The third-order valence-corrected chi connectivity index (χ3v) is 29.5. The lowest BCUT2D eigenvalue weighted by molar-refractivity contribution is 0.312. The average Bonchev–Trinajstić information content (AvgIpc) is 1.63. The van der Waals surface area contributed by atoms with Gasteiger partial charge < -0.3 is 59.1 Å². The SMILES string of the molecule is C.C.C.C.C[C@H](Cc1c(I)[nH]c2ccccc12)N(C)C.C[C@H](Cc1c[nH]c2cc(I)ccc12)N(C)C.C[C@H](Cc1c[nH]c2ccc(I)cc12)N(C)C.C[C@H](Cc1c[nH]c2cccc(I)c12)N(C)C.C[C@H](Cc1cccc(I)c1)N(C)C.C[C@H](Cc1ccccc1I)N(C)C.Cc1ccc(C[C@@H](C)N(C)C)c(I)c1.Cc1ccc(C[C@@H](C)N(C)C)cc1I.